The van der Waals surface area contributed by atoms with Gasteiger partial charge in [-0.3, -0.25) is 0 Å². The van der Waals surface area contributed by atoms with Crippen molar-refractivity contribution >= 4 is 45.2 Å². The second-order valence-corrected chi connectivity index (χ2v) is 7.56. The molecule has 122 valence electrons. The van der Waals surface area contributed by atoms with Crippen molar-refractivity contribution in [1.29, 1.82) is 5.26 Å². The molecule has 0 saturated heterocycles. The lowest BCUT2D eigenvalue weighted by molar-refractivity contribution is 0.382. The molecule has 1 atom stereocenters. The van der Waals surface area contributed by atoms with Gasteiger partial charge < -0.3 is 20.3 Å². The van der Waals surface area contributed by atoms with E-state index in [0.29, 0.717) is 17.1 Å². The van der Waals surface area contributed by atoms with Crippen LogP contribution >= 0.6 is 45.2 Å². The van der Waals surface area contributed by atoms with Gasteiger partial charge in [0.15, 0.2) is 0 Å². The van der Waals surface area contributed by atoms with E-state index >= 15 is 0 Å². The van der Waals surface area contributed by atoms with E-state index in [-0.39, 0.29) is 11.6 Å². The highest BCUT2D eigenvalue weighted by molar-refractivity contribution is 14.1. The van der Waals surface area contributed by atoms with Gasteiger partial charge in [-0.25, -0.2) is 0 Å². The number of phenolic OH excluding ortho intramolecular Hbond substituents is 1. The molecule has 0 spiro atoms. The quantitative estimate of drug-likeness (QED) is 0.560. The molecule has 3 rings (SSSR count). The van der Waals surface area contributed by atoms with E-state index in [1.54, 1.807) is 19.2 Å². The fraction of sp³-hybridized carbons (Fsp3) is 0.118. The minimum atomic E-state index is -0.419. The number of fused-ring (bicyclic) bond motifs is 1. The van der Waals surface area contributed by atoms with Gasteiger partial charge in [-0.1, -0.05) is 6.07 Å². The normalized spacial score (nSPS) is 16.2. The first-order valence-electron chi connectivity index (χ1n) is 6.89. The zero-order valence-electron chi connectivity index (χ0n) is 12.5. The topological polar surface area (TPSA) is 88.5 Å². The van der Waals surface area contributed by atoms with E-state index < -0.39 is 5.92 Å². The number of hydrogen-bond donors (Lipinski definition) is 2. The highest BCUT2D eigenvalue weighted by Crippen LogP contribution is 2.47. The summed E-state index contributed by atoms with van der Waals surface area (Å²) in [5.74, 6) is 0.828. The smallest absolute Gasteiger partial charge is 0.205 e. The molecule has 0 saturated carbocycles. The number of methoxy groups -OCH3 is 1. The molecule has 1 aliphatic rings. The first-order chi connectivity index (χ1) is 11.5. The van der Waals surface area contributed by atoms with Crippen molar-refractivity contribution < 1.29 is 14.6 Å². The van der Waals surface area contributed by atoms with Crippen LogP contribution in [-0.4, -0.2) is 12.2 Å². The van der Waals surface area contributed by atoms with Gasteiger partial charge in [0.05, 0.1) is 16.6 Å². The monoisotopic (exact) mass is 546 g/mol. The lowest BCUT2D eigenvalue weighted by Crippen LogP contribution is -2.21. The molecular formula is C17H12I2N2O3. The van der Waals surface area contributed by atoms with Crippen molar-refractivity contribution in [3.05, 3.63) is 60.1 Å². The van der Waals surface area contributed by atoms with Gasteiger partial charge in [0.25, 0.3) is 0 Å². The number of benzene rings is 2. The van der Waals surface area contributed by atoms with E-state index in [2.05, 4.69) is 51.3 Å². The summed E-state index contributed by atoms with van der Waals surface area (Å²) in [5.41, 5.74) is 7.88. The Labute approximate surface area is 166 Å². The molecule has 1 aliphatic heterocycles. The Morgan fingerprint density at radius 2 is 2.00 bits per heavy atom. The summed E-state index contributed by atoms with van der Waals surface area (Å²) in [4.78, 5) is 0. The second kappa shape index (κ2) is 6.68. The number of nitrogens with two attached hydrogens (primary N) is 1. The Morgan fingerprint density at radius 1 is 1.25 bits per heavy atom. The van der Waals surface area contributed by atoms with Gasteiger partial charge in [-0.2, -0.15) is 5.26 Å². The zero-order valence-corrected chi connectivity index (χ0v) is 16.8. The average molecular weight is 546 g/mol. The summed E-state index contributed by atoms with van der Waals surface area (Å²) in [7, 11) is 1.60. The van der Waals surface area contributed by atoms with Crippen LogP contribution in [-0.2, 0) is 0 Å². The summed E-state index contributed by atoms with van der Waals surface area (Å²) >= 11 is 4.43. The molecule has 2 aromatic carbocycles. The fourth-order valence-corrected chi connectivity index (χ4v) is 4.88. The van der Waals surface area contributed by atoms with Crippen molar-refractivity contribution in [2.24, 2.45) is 5.73 Å². The molecule has 24 heavy (non-hydrogen) atoms. The fourth-order valence-electron chi connectivity index (χ4n) is 2.77. The molecule has 1 heterocycles. The van der Waals surface area contributed by atoms with Crippen molar-refractivity contribution in [2.75, 3.05) is 7.11 Å². The van der Waals surface area contributed by atoms with Gasteiger partial charge in [0.1, 0.15) is 28.9 Å². The number of phenols is 1. The van der Waals surface area contributed by atoms with Gasteiger partial charge in [0, 0.05) is 20.8 Å². The predicted molar refractivity (Wildman–Crippen MR) is 106 cm³/mol. The number of allylic oxidation sites excluding steroid dienone is 1. The highest BCUT2D eigenvalue weighted by atomic mass is 127. The minimum Gasteiger partial charge on any atom is -0.508 e. The third kappa shape index (κ3) is 2.88. The number of hydrogen-bond acceptors (Lipinski definition) is 5. The van der Waals surface area contributed by atoms with Crippen molar-refractivity contribution in [3.8, 4) is 23.3 Å². The zero-order chi connectivity index (χ0) is 17.4. The molecule has 0 amide bonds. The highest BCUT2D eigenvalue weighted by Gasteiger charge is 2.33. The maximum Gasteiger partial charge on any atom is 0.205 e. The molecule has 0 aliphatic carbocycles. The second-order valence-electron chi connectivity index (χ2n) is 5.16. The van der Waals surface area contributed by atoms with Crippen molar-refractivity contribution in [1.82, 2.24) is 0 Å². The van der Waals surface area contributed by atoms with Crippen LogP contribution in [0.1, 0.15) is 17.0 Å². The van der Waals surface area contributed by atoms with Gasteiger partial charge in [-0.05, 0) is 63.4 Å². The molecule has 0 aromatic heterocycles. The Balaban J connectivity index is 2.32. The number of aromatic hydroxyl groups is 1. The first-order valence-corrected chi connectivity index (χ1v) is 9.05. The van der Waals surface area contributed by atoms with E-state index in [4.69, 9.17) is 15.2 Å². The number of nitriles is 1. The molecule has 2 aromatic rings. The standard InChI is InChI=1S/C17H12I2N2O3/c1-23-16-11(4-8(18)5-13(16)19)15-10-3-2-9(22)6-14(10)24-17(21)12(15)7-20/h2-6,15,22H,21H2,1H3/t15-/m1/s1. The average Bonchev–Trinajstić information content (AvgIpc) is 2.52. The molecule has 5 nitrogen and oxygen atoms in total. The molecule has 3 N–H and O–H groups in total. The van der Waals surface area contributed by atoms with E-state index in [0.717, 1.165) is 18.3 Å². The molecule has 0 bridgehead atoms. The summed E-state index contributed by atoms with van der Waals surface area (Å²) in [6, 6.07) is 10.9. The largest absolute Gasteiger partial charge is 0.508 e. The third-order valence-electron chi connectivity index (χ3n) is 3.75. The number of halogens is 2. The van der Waals surface area contributed by atoms with Crippen LogP contribution in [0.25, 0.3) is 0 Å². The summed E-state index contributed by atoms with van der Waals surface area (Å²) in [5, 5.41) is 19.3. The van der Waals surface area contributed by atoms with Gasteiger partial charge >= 0.3 is 0 Å². The number of rotatable bonds is 2. The first kappa shape index (κ1) is 17.2. The van der Waals surface area contributed by atoms with Gasteiger partial charge in [0.2, 0.25) is 5.88 Å². The summed E-state index contributed by atoms with van der Waals surface area (Å²) < 4.78 is 13.1. The Morgan fingerprint density at radius 3 is 2.67 bits per heavy atom. The van der Waals surface area contributed by atoms with Crippen molar-refractivity contribution in [3.63, 3.8) is 0 Å². The van der Waals surface area contributed by atoms with E-state index in [1.165, 1.54) is 6.07 Å². The number of ether oxygens (including phenoxy) is 2. The SMILES string of the molecule is COc1c(I)cc(I)cc1[C@@H]1C(C#N)=C(N)Oc2cc(O)ccc21. The van der Waals surface area contributed by atoms with Gasteiger partial charge in [-0.15, -0.1) is 0 Å². The predicted octanol–water partition coefficient (Wildman–Crippen LogP) is 3.83. The molecular weight excluding hydrogens is 534 g/mol. The Hall–Kier alpha value is -1.67. The molecule has 0 fully saturated rings. The van der Waals surface area contributed by atoms with Crippen LogP contribution in [0.4, 0.5) is 0 Å². The van der Waals surface area contributed by atoms with Crippen molar-refractivity contribution in [2.45, 2.75) is 5.92 Å². The molecule has 0 radical (unpaired) electrons. The lowest BCUT2D eigenvalue weighted by Gasteiger charge is -2.28. The maximum absolute atomic E-state index is 9.71. The van der Waals surface area contributed by atoms with Crippen LogP contribution < -0.4 is 15.2 Å². The van der Waals surface area contributed by atoms with Crippen LogP contribution in [0.15, 0.2) is 41.8 Å². The van der Waals surface area contributed by atoms with Crippen LogP contribution in [0.2, 0.25) is 0 Å². The van der Waals surface area contributed by atoms with E-state index in [9.17, 15) is 10.4 Å². The minimum absolute atomic E-state index is 0.0384. The summed E-state index contributed by atoms with van der Waals surface area (Å²) in [6.07, 6.45) is 0. The van der Waals surface area contributed by atoms with Crippen LogP contribution in [0.5, 0.6) is 17.2 Å². The Kier molecular flexibility index (Phi) is 4.78. The van der Waals surface area contributed by atoms with E-state index in [1.807, 2.05) is 12.1 Å². The number of nitrogens with zero attached hydrogens (tertiary/aromatic N) is 1. The molecule has 0 unspecified atom stereocenters. The third-order valence-corrected chi connectivity index (χ3v) is 5.18. The Bertz CT molecular complexity index is 903. The lowest BCUT2D eigenvalue weighted by atomic mass is 9.83. The summed E-state index contributed by atoms with van der Waals surface area (Å²) in [6.45, 7) is 0. The van der Waals surface area contributed by atoms with Crippen LogP contribution in [0, 0.1) is 18.5 Å². The maximum atomic E-state index is 9.71. The molecule has 7 heteroatoms. The van der Waals surface area contributed by atoms with Crippen LogP contribution in [0.3, 0.4) is 0 Å².